The van der Waals surface area contributed by atoms with Gasteiger partial charge in [0.25, 0.3) is 12.3 Å². The number of imidazole rings is 1. The highest BCUT2D eigenvalue weighted by molar-refractivity contribution is 5.97. The number of hydrogen-bond donors (Lipinski definition) is 3. The van der Waals surface area contributed by atoms with E-state index in [0.717, 1.165) is 5.56 Å². The van der Waals surface area contributed by atoms with E-state index in [2.05, 4.69) is 20.6 Å². The second kappa shape index (κ2) is 8.78. The van der Waals surface area contributed by atoms with Crippen LogP contribution in [0.1, 0.15) is 28.2 Å². The first-order valence-electron chi connectivity index (χ1n) is 8.91. The molecular formula is C20H21F2N5O2. The number of H-pyrrole nitrogens is 1. The highest BCUT2D eigenvalue weighted by Crippen LogP contribution is 2.20. The largest absolute Gasteiger partial charge is 0.348 e. The summed E-state index contributed by atoms with van der Waals surface area (Å²) in [7, 11) is 3.61. The molecule has 0 saturated carbocycles. The van der Waals surface area contributed by atoms with Gasteiger partial charge in [-0.2, -0.15) is 0 Å². The van der Waals surface area contributed by atoms with Crippen LogP contribution in [0, 0.1) is 0 Å². The summed E-state index contributed by atoms with van der Waals surface area (Å²) in [6.07, 6.45) is -2.70. The van der Waals surface area contributed by atoms with E-state index >= 15 is 0 Å². The van der Waals surface area contributed by atoms with E-state index in [1.807, 2.05) is 6.07 Å². The zero-order valence-electron chi connectivity index (χ0n) is 16.0. The molecule has 29 heavy (non-hydrogen) atoms. The van der Waals surface area contributed by atoms with Gasteiger partial charge in [0.2, 0.25) is 5.91 Å². The van der Waals surface area contributed by atoms with Gasteiger partial charge in [0.05, 0.1) is 17.6 Å². The lowest BCUT2D eigenvalue weighted by atomic mass is 10.1. The predicted octanol–water partition coefficient (Wildman–Crippen LogP) is 2.93. The second-order valence-electron chi connectivity index (χ2n) is 6.82. The van der Waals surface area contributed by atoms with Gasteiger partial charge in [0.15, 0.2) is 5.82 Å². The number of amides is 2. The van der Waals surface area contributed by atoms with E-state index in [1.165, 1.54) is 18.2 Å². The van der Waals surface area contributed by atoms with Crippen LogP contribution in [0.5, 0.6) is 0 Å². The summed E-state index contributed by atoms with van der Waals surface area (Å²) >= 11 is 0. The minimum absolute atomic E-state index is 0.132. The van der Waals surface area contributed by atoms with Crippen molar-refractivity contribution in [3.8, 4) is 0 Å². The molecule has 7 nitrogen and oxygen atoms in total. The van der Waals surface area contributed by atoms with Gasteiger partial charge in [-0.1, -0.05) is 12.1 Å². The maximum atomic E-state index is 12.7. The molecule has 2 aromatic carbocycles. The third-order valence-electron chi connectivity index (χ3n) is 4.09. The smallest absolute Gasteiger partial charge is 0.295 e. The molecule has 0 aliphatic heterocycles. The highest BCUT2D eigenvalue weighted by atomic mass is 19.3. The van der Waals surface area contributed by atoms with Gasteiger partial charge < -0.3 is 20.5 Å². The summed E-state index contributed by atoms with van der Waals surface area (Å²) in [5.41, 5.74) is 2.53. The van der Waals surface area contributed by atoms with Crippen LogP contribution in [0.25, 0.3) is 11.0 Å². The molecule has 3 aromatic rings. The first-order chi connectivity index (χ1) is 13.8. The maximum absolute atomic E-state index is 12.7. The van der Waals surface area contributed by atoms with Gasteiger partial charge in [-0.05, 0) is 50.0 Å². The summed E-state index contributed by atoms with van der Waals surface area (Å²) < 4.78 is 25.5. The van der Waals surface area contributed by atoms with Crippen LogP contribution in [0.4, 0.5) is 14.5 Å². The van der Waals surface area contributed by atoms with Crippen LogP contribution in [0.3, 0.4) is 0 Å². The molecule has 0 bridgehead atoms. The van der Waals surface area contributed by atoms with Crippen molar-refractivity contribution in [3.63, 3.8) is 0 Å². The van der Waals surface area contributed by atoms with Gasteiger partial charge in [-0.25, -0.2) is 13.8 Å². The number of alkyl halides is 2. The molecule has 9 heteroatoms. The van der Waals surface area contributed by atoms with E-state index in [9.17, 15) is 18.4 Å². The lowest BCUT2D eigenvalue weighted by Gasteiger charge is -2.11. The number of carbonyl (C=O) groups is 2. The summed E-state index contributed by atoms with van der Waals surface area (Å²) in [5, 5.41) is 5.58. The Hall–Kier alpha value is -3.33. The maximum Gasteiger partial charge on any atom is 0.295 e. The number of halogens is 2. The average molecular weight is 401 g/mol. The van der Waals surface area contributed by atoms with Crippen LogP contribution >= 0.6 is 0 Å². The number of anilines is 1. The third kappa shape index (κ3) is 5.35. The van der Waals surface area contributed by atoms with Gasteiger partial charge >= 0.3 is 0 Å². The molecule has 0 aliphatic rings. The van der Waals surface area contributed by atoms with Crippen LogP contribution in [-0.2, 0) is 11.3 Å². The number of hydrogen-bond acceptors (Lipinski definition) is 4. The number of rotatable bonds is 7. The minimum Gasteiger partial charge on any atom is -0.348 e. The van der Waals surface area contributed by atoms with Crippen LogP contribution in [-0.4, -0.2) is 47.3 Å². The molecule has 3 rings (SSSR count). The molecule has 0 unspecified atom stereocenters. The van der Waals surface area contributed by atoms with E-state index in [4.69, 9.17) is 0 Å². The van der Waals surface area contributed by atoms with Gasteiger partial charge in [-0.15, -0.1) is 0 Å². The Balaban J connectivity index is 1.64. The Morgan fingerprint density at radius 1 is 1.17 bits per heavy atom. The van der Waals surface area contributed by atoms with Crippen LogP contribution < -0.4 is 10.6 Å². The number of carbonyl (C=O) groups excluding carboxylic acids is 2. The summed E-state index contributed by atoms with van der Waals surface area (Å²) in [6.45, 7) is 0.518. The highest BCUT2D eigenvalue weighted by Gasteiger charge is 2.14. The quantitative estimate of drug-likeness (QED) is 0.568. The van der Waals surface area contributed by atoms with Crippen molar-refractivity contribution in [3.05, 3.63) is 59.4 Å². The molecular weight excluding hydrogens is 380 g/mol. The summed E-state index contributed by atoms with van der Waals surface area (Å²) in [6, 6.07) is 11.7. The van der Waals surface area contributed by atoms with Crippen molar-refractivity contribution in [1.29, 1.82) is 0 Å². The van der Waals surface area contributed by atoms with E-state index in [-0.39, 0.29) is 24.9 Å². The first kappa shape index (κ1) is 20.4. The predicted molar refractivity (Wildman–Crippen MR) is 106 cm³/mol. The molecule has 3 N–H and O–H groups in total. The zero-order valence-corrected chi connectivity index (χ0v) is 16.0. The zero-order chi connectivity index (χ0) is 21.0. The van der Waals surface area contributed by atoms with Gasteiger partial charge in [-0.3, -0.25) is 9.59 Å². The fraction of sp³-hybridized carbons (Fsp3) is 0.250. The summed E-state index contributed by atoms with van der Waals surface area (Å²) in [4.78, 5) is 32.3. The molecule has 0 atom stereocenters. The number of aromatic amines is 1. The number of nitrogens with zero attached hydrogens (tertiary/aromatic N) is 2. The van der Waals surface area contributed by atoms with E-state index in [0.29, 0.717) is 22.3 Å². The minimum atomic E-state index is -2.70. The third-order valence-corrected chi connectivity index (χ3v) is 4.09. The fourth-order valence-electron chi connectivity index (χ4n) is 2.81. The Morgan fingerprint density at radius 2 is 1.97 bits per heavy atom. The average Bonchev–Trinajstić information content (AvgIpc) is 3.09. The molecule has 0 aliphatic carbocycles. The number of benzene rings is 2. The Bertz CT molecular complexity index is 1030. The second-order valence-corrected chi connectivity index (χ2v) is 6.82. The molecule has 1 heterocycles. The SMILES string of the molecule is CN(C)CC(=O)Nc1cccc(CNC(=O)c2ccc3nc(C(F)F)[nH]c3c2)c1. The molecule has 0 saturated heterocycles. The molecule has 152 valence electrons. The fourth-order valence-corrected chi connectivity index (χ4v) is 2.81. The Labute approximate surface area is 166 Å². The molecule has 2 amide bonds. The standard InChI is InChI=1S/C20H21F2N5O2/c1-27(2)11-17(28)24-14-5-3-4-12(8-14)10-23-20(29)13-6-7-15-16(9-13)26-19(25-15)18(21)22/h3-9,18H,10-11H2,1-2H3,(H,23,29)(H,24,28)(H,25,26). The van der Waals surface area contributed by atoms with Gasteiger partial charge in [0, 0.05) is 17.8 Å². The van der Waals surface area contributed by atoms with E-state index in [1.54, 1.807) is 37.2 Å². The Kier molecular flexibility index (Phi) is 6.18. The normalized spacial score (nSPS) is 11.2. The number of likely N-dealkylation sites (N-methyl/N-ethyl adjacent to an activating group) is 1. The molecule has 0 spiro atoms. The van der Waals surface area contributed by atoms with Crippen molar-refractivity contribution in [2.45, 2.75) is 13.0 Å². The molecule has 0 radical (unpaired) electrons. The van der Waals surface area contributed by atoms with Gasteiger partial charge in [0.1, 0.15) is 0 Å². The van der Waals surface area contributed by atoms with E-state index < -0.39 is 12.2 Å². The lowest BCUT2D eigenvalue weighted by molar-refractivity contribution is -0.116. The summed E-state index contributed by atoms with van der Waals surface area (Å²) in [5.74, 6) is -0.903. The Morgan fingerprint density at radius 3 is 2.69 bits per heavy atom. The van der Waals surface area contributed by atoms with Crippen LogP contribution in [0.2, 0.25) is 0 Å². The first-order valence-corrected chi connectivity index (χ1v) is 8.91. The van der Waals surface area contributed by atoms with Crippen LogP contribution in [0.15, 0.2) is 42.5 Å². The molecule has 0 fully saturated rings. The topological polar surface area (TPSA) is 90.1 Å². The van der Waals surface area contributed by atoms with Crippen molar-refractivity contribution >= 4 is 28.5 Å². The van der Waals surface area contributed by atoms with Crippen molar-refractivity contribution in [2.75, 3.05) is 26.0 Å². The van der Waals surface area contributed by atoms with Crippen molar-refractivity contribution < 1.29 is 18.4 Å². The number of nitrogens with one attached hydrogen (secondary N) is 3. The lowest BCUT2D eigenvalue weighted by Crippen LogP contribution is -2.27. The monoisotopic (exact) mass is 401 g/mol. The molecule has 1 aromatic heterocycles. The van der Waals surface area contributed by atoms with Crippen molar-refractivity contribution in [2.24, 2.45) is 0 Å². The number of aromatic nitrogens is 2. The van der Waals surface area contributed by atoms with Crippen molar-refractivity contribution in [1.82, 2.24) is 20.2 Å². The number of fused-ring (bicyclic) bond motifs is 1.